The molecule has 0 amide bonds. The van der Waals surface area contributed by atoms with Gasteiger partial charge in [0.25, 0.3) is 0 Å². The Morgan fingerprint density at radius 3 is 2.46 bits per heavy atom. The summed E-state index contributed by atoms with van der Waals surface area (Å²) in [5.74, 6) is 0.000116. The van der Waals surface area contributed by atoms with Crippen LogP contribution in [0, 0.1) is 17.8 Å². The molecule has 37 heavy (non-hydrogen) atoms. The number of rotatable bonds is 6. The molecular weight excluding hydrogens is 468 g/mol. The fourth-order valence-electron chi connectivity index (χ4n) is 4.24. The molecule has 6 atom stereocenters. The van der Waals surface area contributed by atoms with E-state index >= 15 is 0 Å². The van der Waals surface area contributed by atoms with Crippen LogP contribution < -0.4 is 4.74 Å². The number of carbonyl (C=O) groups excluding carboxylic acids is 1. The van der Waals surface area contributed by atoms with Crippen LogP contribution in [0.5, 0.6) is 5.75 Å². The number of methoxy groups -OCH3 is 1. The fraction of sp³-hybridized carbons (Fsp3) is 0.516. The zero-order valence-electron chi connectivity index (χ0n) is 23.1. The van der Waals surface area contributed by atoms with Crippen LogP contribution in [0.4, 0.5) is 0 Å². The topological polar surface area (TPSA) is 85.2 Å². The lowest BCUT2D eigenvalue weighted by Crippen LogP contribution is -2.33. The summed E-state index contributed by atoms with van der Waals surface area (Å²) in [5.41, 5.74) is 2.96. The second-order valence-corrected chi connectivity index (χ2v) is 9.97. The Labute approximate surface area is 222 Å². The third-order valence-electron chi connectivity index (χ3n) is 7.09. The van der Waals surface area contributed by atoms with Crippen LogP contribution in [0.15, 0.2) is 71.9 Å². The summed E-state index contributed by atoms with van der Waals surface area (Å²) in [5, 5.41) is 21.2. The number of benzene rings is 1. The SMILES string of the molecule is COc1ccc(COC/C=C(\C)C2OC(=O)CC/C=C(\C)[C@H](C)[C@H](O)[C@@H](C)[C@@H](O)/C=C\C=C[C@@H]2C)cc1. The highest BCUT2D eigenvalue weighted by Gasteiger charge is 2.27. The average Bonchev–Trinajstić information content (AvgIpc) is 2.90. The Balaban J connectivity index is 2.12. The van der Waals surface area contributed by atoms with E-state index in [4.69, 9.17) is 14.2 Å². The van der Waals surface area contributed by atoms with E-state index in [9.17, 15) is 15.0 Å². The van der Waals surface area contributed by atoms with E-state index in [1.165, 1.54) is 0 Å². The molecule has 0 aliphatic carbocycles. The van der Waals surface area contributed by atoms with E-state index in [1.807, 2.05) is 83.2 Å². The lowest BCUT2D eigenvalue weighted by molar-refractivity contribution is -0.148. The molecule has 1 aliphatic rings. The molecule has 0 radical (unpaired) electrons. The van der Waals surface area contributed by atoms with Crippen LogP contribution in [-0.4, -0.2) is 48.2 Å². The zero-order valence-corrected chi connectivity index (χ0v) is 23.1. The molecule has 2 N–H and O–H groups in total. The molecule has 0 aromatic heterocycles. The van der Waals surface area contributed by atoms with Crippen molar-refractivity contribution in [2.45, 2.75) is 72.4 Å². The standard InChI is InChI=1S/C31H44O6/c1-21-11-9-13-29(33)37-31(22(2)10-7-8-12-28(32)25(5)30(34)24(21)4)23(3)18-19-36-20-26-14-16-27(35-6)17-15-26/h7-8,10-12,14-18,22,24-25,28,30-32,34H,9,13,19-20H2,1-6H3/b10-7?,12-8-,21-11+,23-18+/t22-,24-,25-,28-,30-,31?/m0/s1. The molecule has 204 valence electrons. The monoisotopic (exact) mass is 512 g/mol. The highest BCUT2D eigenvalue weighted by molar-refractivity contribution is 5.70. The van der Waals surface area contributed by atoms with Crippen molar-refractivity contribution in [2.24, 2.45) is 17.8 Å². The Morgan fingerprint density at radius 1 is 1.11 bits per heavy atom. The molecule has 6 heteroatoms. The van der Waals surface area contributed by atoms with Gasteiger partial charge in [-0.15, -0.1) is 0 Å². The summed E-state index contributed by atoms with van der Waals surface area (Å²) in [7, 11) is 1.64. The van der Waals surface area contributed by atoms with Gasteiger partial charge >= 0.3 is 5.97 Å². The minimum atomic E-state index is -0.767. The van der Waals surface area contributed by atoms with Crippen molar-refractivity contribution < 1.29 is 29.2 Å². The van der Waals surface area contributed by atoms with Crippen molar-refractivity contribution in [3.63, 3.8) is 0 Å². The third kappa shape index (κ3) is 9.95. The summed E-state index contributed by atoms with van der Waals surface area (Å²) in [6, 6.07) is 7.74. The molecule has 0 saturated carbocycles. The van der Waals surface area contributed by atoms with Crippen molar-refractivity contribution in [3.05, 3.63) is 77.4 Å². The van der Waals surface area contributed by atoms with Gasteiger partial charge in [0.2, 0.25) is 0 Å². The van der Waals surface area contributed by atoms with Gasteiger partial charge in [-0.2, -0.15) is 0 Å². The maximum atomic E-state index is 12.7. The van der Waals surface area contributed by atoms with Crippen LogP contribution in [0.2, 0.25) is 0 Å². The highest BCUT2D eigenvalue weighted by Crippen LogP contribution is 2.25. The van der Waals surface area contributed by atoms with Crippen molar-refractivity contribution in [3.8, 4) is 5.75 Å². The van der Waals surface area contributed by atoms with Gasteiger partial charge in [-0.3, -0.25) is 4.79 Å². The first-order valence-corrected chi connectivity index (χ1v) is 13.1. The molecule has 1 aromatic rings. The molecule has 0 saturated heterocycles. The van der Waals surface area contributed by atoms with Crippen LogP contribution in [0.3, 0.4) is 0 Å². The molecule has 1 unspecified atom stereocenters. The van der Waals surface area contributed by atoms with E-state index in [1.54, 1.807) is 19.3 Å². The quantitative estimate of drug-likeness (QED) is 0.295. The summed E-state index contributed by atoms with van der Waals surface area (Å²) in [4.78, 5) is 12.7. The number of hydrogen-bond acceptors (Lipinski definition) is 6. The number of aliphatic hydroxyl groups excluding tert-OH is 2. The smallest absolute Gasteiger partial charge is 0.306 e. The van der Waals surface area contributed by atoms with Gasteiger partial charge < -0.3 is 24.4 Å². The van der Waals surface area contributed by atoms with Gasteiger partial charge in [0.1, 0.15) is 11.9 Å². The highest BCUT2D eigenvalue weighted by atomic mass is 16.5. The van der Waals surface area contributed by atoms with Gasteiger partial charge in [-0.05, 0) is 43.5 Å². The fourth-order valence-corrected chi connectivity index (χ4v) is 4.24. The van der Waals surface area contributed by atoms with E-state index < -0.39 is 18.3 Å². The largest absolute Gasteiger partial charge is 0.497 e. The van der Waals surface area contributed by atoms with Gasteiger partial charge in [0, 0.05) is 24.2 Å². The van der Waals surface area contributed by atoms with Crippen molar-refractivity contribution in [1.82, 2.24) is 0 Å². The molecule has 0 spiro atoms. The molecule has 2 rings (SSSR count). The molecule has 1 aliphatic heterocycles. The van der Waals surface area contributed by atoms with Gasteiger partial charge in [-0.1, -0.05) is 74.9 Å². The molecule has 0 fully saturated rings. The van der Waals surface area contributed by atoms with Crippen LogP contribution in [-0.2, 0) is 20.9 Å². The average molecular weight is 513 g/mol. The lowest BCUT2D eigenvalue weighted by atomic mass is 9.85. The van der Waals surface area contributed by atoms with Crippen LogP contribution in [0.1, 0.15) is 53.0 Å². The summed E-state index contributed by atoms with van der Waals surface area (Å²) in [6.07, 6.45) is 10.1. The Kier molecular flexibility index (Phi) is 12.8. The number of aliphatic hydroxyl groups is 2. The first-order valence-electron chi connectivity index (χ1n) is 13.1. The normalized spacial score (nSPS) is 30.8. The third-order valence-corrected chi connectivity index (χ3v) is 7.09. The predicted octanol–water partition coefficient (Wildman–Crippen LogP) is 5.55. The first kappa shape index (κ1) is 30.6. The Bertz CT molecular complexity index is 958. The lowest BCUT2D eigenvalue weighted by Gasteiger charge is -2.28. The van der Waals surface area contributed by atoms with E-state index in [0.29, 0.717) is 19.6 Å². The molecule has 6 nitrogen and oxygen atoms in total. The number of ether oxygens (including phenoxy) is 3. The number of allylic oxidation sites excluding steroid dienone is 3. The minimum absolute atomic E-state index is 0.0863. The minimum Gasteiger partial charge on any atom is -0.497 e. The molecular formula is C31H44O6. The van der Waals surface area contributed by atoms with Gasteiger partial charge in [-0.25, -0.2) is 0 Å². The van der Waals surface area contributed by atoms with Gasteiger partial charge in [0.15, 0.2) is 0 Å². The van der Waals surface area contributed by atoms with Gasteiger partial charge in [0.05, 0.1) is 32.5 Å². The van der Waals surface area contributed by atoms with Crippen LogP contribution in [0.25, 0.3) is 0 Å². The number of hydrogen-bond donors (Lipinski definition) is 2. The Hall–Kier alpha value is -2.67. The van der Waals surface area contributed by atoms with Crippen molar-refractivity contribution in [1.29, 1.82) is 0 Å². The second-order valence-electron chi connectivity index (χ2n) is 9.97. The molecule has 0 bridgehead atoms. The Morgan fingerprint density at radius 2 is 1.78 bits per heavy atom. The summed E-state index contributed by atoms with van der Waals surface area (Å²) < 4.78 is 16.9. The first-order chi connectivity index (χ1) is 17.6. The number of esters is 1. The van der Waals surface area contributed by atoms with Crippen molar-refractivity contribution >= 4 is 5.97 Å². The number of carbonyl (C=O) groups is 1. The summed E-state index contributed by atoms with van der Waals surface area (Å²) in [6.45, 7) is 10.5. The second kappa shape index (κ2) is 15.6. The van der Waals surface area contributed by atoms with Crippen molar-refractivity contribution in [2.75, 3.05) is 13.7 Å². The number of cyclic esters (lactones) is 1. The maximum Gasteiger partial charge on any atom is 0.306 e. The summed E-state index contributed by atoms with van der Waals surface area (Å²) >= 11 is 0. The van der Waals surface area contributed by atoms with E-state index in [-0.39, 0.29) is 30.1 Å². The molecule has 1 heterocycles. The maximum absolute atomic E-state index is 12.7. The van der Waals surface area contributed by atoms with E-state index in [0.717, 1.165) is 22.5 Å². The molecule has 1 aromatic carbocycles. The van der Waals surface area contributed by atoms with E-state index in [2.05, 4.69) is 0 Å². The zero-order chi connectivity index (χ0) is 27.4. The van der Waals surface area contributed by atoms with Crippen LogP contribution >= 0.6 is 0 Å². The predicted molar refractivity (Wildman–Crippen MR) is 147 cm³/mol.